The lowest BCUT2D eigenvalue weighted by molar-refractivity contribution is 0.0510. The minimum Gasteiger partial charge on any atom is -0.477 e. The molecule has 1 fully saturated rings. The van der Waals surface area contributed by atoms with E-state index in [0.717, 1.165) is 142 Å². The third kappa shape index (κ3) is 17.6. The Kier molecular flexibility index (Phi) is 24.7. The van der Waals surface area contributed by atoms with Crippen molar-refractivity contribution in [2.45, 2.75) is 182 Å². The molecule has 0 bridgehead atoms. The first-order valence-electron chi connectivity index (χ1n) is 33.3. The molecule has 496 valence electrons. The molecule has 7 N–H and O–H groups in total. The van der Waals surface area contributed by atoms with Crippen LogP contribution in [0.5, 0.6) is 0 Å². The number of amides is 1. The number of carbonyl (C=O) groups is 7. The number of fused-ring (bicyclic) bond motifs is 6. The molecule has 6 aromatic rings. The van der Waals surface area contributed by atoms with Crippen molar-refractivity contribution < 1.29 is 57.6 Å². The standard InChI is InChI=1S/C15H23N3O.C12H17NO2.2C12H15NO2.C11H13NO3.C10H13NO2/c1-11-4-3-5-13-12(11)10-14(16-13)15(19)18-8-6-17(2)7-9-18;3*1-3-15-12(14)11-7-9-8(2)5-4-6-10(9)13-11;1-2-15-11(14)9-6-7-8(12-9)4-3-5-10(7)13;1-6-3-2-4-8-7(6)5-9(11-8)10(12)13/h10-11,16H,3-9H2,1-2H3;7-8,13H,3-6H2,1-2H3;5,7,13H,3-4,6H2,1-2H3;7,13H,2-6H2,1H3;6,12H,2-5H2,1H3;5-6,11H,2-4H2,1H3,(H,12,13). The van der Waals surface area contributed by atoms with Crippen LogP contribution < -0.4 is 0 Å². The van der Waals surface area contributed by atoms with Crippen LogP contribution in [0.15, 0.2) is 49.1 Å². The molecule has 7 aliphatic rings. The van der Waals surface area contributed by atoms with Crippen LogP contribution >= 0.6 is 0 Å². The van der Waals surface area contributed by atoms with Gasteiger partial charge in [-0.25, -0.2) is 24.0 Å². The molecule has 13 rings (SSSR count). The van der Waals surface area contributed by atoms with Gasteiger partial charge in [0.25, 0.3) is 5.91 Å². The number of aryl methyl sites for hydroxylation is 6. The van der Waals surface area contributed by atoms with Gasteiger partial charge in [-0.1, -0.05) is 33.4 Å². The van der Waals surface area contributed by atoms with E-state index in [4.69, 9.17) is 24.1 Å². The van der Waals surface area contributed by atoms with E-state index in [2.05, 4.69) is 88.3 Å². The lowest BCUT2D eigenvalue weighted by Gasteiger charge is -2.32. The smallest absolute Gasteiger partial charge is 0.354 e. The van der Waals surface area contributed by atoms with Gasteiger partial charge in [-0.2, -0.15) is 0 Å². The molecule has 92 heavy (non-hydrogen) atoms. The largest absolute Gasteiger partial charge is 0.477 e. The number of ether oxygens (including phenoxy) is 4. The molecule has 20 heteroatoms. The van der Waals surface area contributed by atoms with Gasteiger partial charge in [-0.05, 0) is 238 Å². The molecule has 6 aliphatic carbocycles. The van der Waals surface area contributed by atoms with E-state index in [1.54, 1.807) is 26.0 Å². The second kappa shape index (κ2) is 32.8. The number of carboxylic acid groups (broad SMARTS) is 1. The van der Waals surface area contributed by atoms with Gasteiger partial charge in [-0.3, -0.25) is 9.59 Å². The maximum atomic E-state index is 12.5. The summed E-state index contributed by atoms with van der Waals surface area (Å²) in [6.07, 6.45) is 20.0. The minimum absolute atomic E-state index is 0.114. The molecule has 3 unspecified atom stereocenters. The molecule has 0 spiro atoms. The van der Waals surface area contributed by atoms with E-state index in [-0.39, 0.29) is 35.6 Å². The molecule has 3 atom stereocenters. The van der Waals surface area contributed by atoms with Crippen molar-refractivity contribution in [1.82, 2.24) is 39.7 Å². The maximum absolute atomic E-state index is 12.5. The summed E-state index contributed by atoms with van der Waals surface area (Å²) in [6, 6.07) is 11.2. The number of carbonyl (C=O) groups excluding carboxylic acids is 6. The van der Waals surface area contributed by atoms with Gasteiger partial charge in [0.05, 0.1) is 26.4 Å². The predicted molar refractivity (Wildman–Crippen MR) is 354 cm³/mol. The molecule has 1 saturated heterocycles. The molecular formula is C72H96N8O12. The van der Waals surface area contributed by atoms with Gasteiger partial charge >= 0.3 is 29.8 Å². The number of nitrogens with one attached hydrogen (secondary N) is 6. The van der Waals surface area contributed by atoms with E-state index in [1.165, 1.54) is 65.8 Å². The zero-order valence-electron chi connectivity index (χ0n) is 55.5. The summed E-state index contributed by atoms with van der Waals surface area (Å²) >= 11 is 0. The second-order valence-corrected chi connectivity index (χ2v) is 24.9. The third-order valence-electron chi connectivity index (χ3n) is 18.2. The highest BCUT2D eigenvalue weighted by molar-refractivity contribution is 6.01. The Balaban J connectivity index is 0.000000143. The van der Waals surface area contributed by atoms with E-state index < -0.39 is 5.97 Å². The fraction of sp³-hybridized carbons (Fsp3) is 0.514. The Morgan fingerprint density at radius 1 is 0.478 bits per heavy atom. The van der Waals surface area contributed by atoms with E-state index >= 15 is 0 Å². The van der Waals surface area contributed by atoms with E-state index in [0.29, 0.717) is 84.6 Å². The SMILES string of the molecule is C=C1CCCc2[nH]c(C(=O)OCC)cc21.CC1CCCc2[nH]c(C(=O)N3CCN(C)CC3)cc21.CC1CCCc2[nH]c(C(=O)O)cc21.CCOC(=O)c1cc2c([nH]1)CCC=C2C.CCOC(=O)c1cc2c([nH]1)CCCC2=O.CCOC(=O)c1cc2c([nH]1)CCCC2C. The Morgan fingerprint density at radius 3 is 1.28 bits per heavy atom. The first-order valence-corrected chi connectivity index (χ1v) is 33.3. The van der Waals surface area contributed by atoms with Gasteiger partial charge < -0.3 is 63.8 Å². The highest BCUT2D eigenvalue weighted by Crippen LogP contribution is 2.35. The lowest BCUT2D eigenvalue weighted by Crippen LogP contribution is -2.47. The predicted octanol–water partition coefficient (Wildman–Crippen LogP) is 13.4. The van der Waals surface area contributed by atoms with Crippen molar-refractivity contribution in [3.8, 4) is 0 Å². The molecule has 0 radical (unpaired) electrons. The molecule has 0 saturated carbocycles. The number of hydrogen-bond donors (Lipinski definition) is 7. The number of H-pyrrole nitrogens is 6. The maximum Gasteiger partial charge on any atom is 0.354 e. The van der Waals surface area contributed by atoms with Crippen LogP contribution in [-0.4, -0.2) is 146 Å². The van der Waals surface area contributed by atoms with Crippen molar-refractivity contribution in [2.24, 2.45) is 0 Å². The van der Waals surface area contributed by atoms with Crippen molar-refractivity contribution >= 4 is 52.7 Å². The van der Waals surface area contributed by atoms with Crippen LogP contribution in [0.3, 0.4) is 0 Å². The van der Waals surface area contributed by atoms with Crippen LogP contribution in [0.1, 0.15) is 279 Å². The van der Waals surface area contributed by atoms with Gasteiger partial charge in [-0.15, -0.1) is 0 Å². The normalized spacial score (nSPS) is 18.4. The number of likely N-dealkylation sites (N-methyl/N-ethyl adjacent to an activating group) is 1. The summed E-state index contributed by atoms with van der Waals surface area (Å²) in [4.78, 5) is 104. The number of rotatable bonds is 10. The summed E-state index contributed by atoms with van der Waals surface area (Å²) in [5.41, 5.74) is 19.1. The number of aromatic nitrogens is 6. The van der Waals surface area contributed by atoms with E-state index in [1.807, 2.05) is 36.9 Å². The summed E-state index contributed by atoms with van der Waals surface area (Å²) < 4.78 is 19.7. The number of ketones is 1. The van der Waals surface area contributed by atoms with Gasteiger partial charge in [0.2, 0.25) is 0 Å². The highest BCUT2D eigenvalue weighted by atomic mass is 16.5. The summed E-state index contributed by atoms with van der Waals surface area (Å²) in [5, 5.41) is 8.79. The second-order valence-electron chi connectivity index (χ2n) is 24.9. The topological polar surface area (TPSA) is 278 Å². The van der Waals surface area contributed by atoms with Crippen LogP contribution in [0.2, 0.25) is 0 Å². The first kappa shape index (κ1) is 69.5. The third-order valence-corrected chi connectivity index (χ3v) is 18.2. The molecule has 7 heterocycles. The Labute approximate surface area is 540 Å². The van der Waals surface area contributed by atoms with Gasteiger partial charge in [0, 0.05) is 72.3 Å². The van der Waals surface area contributed by atoms with Crippen LogP contribution in [0, 0.1) is 0 Å². The summed E-state index contributed by atoms with van der Waals surface area (Å²) in [5.74, 6) is -0.0761. The quantitative estimate of drug-likeness (QED) is 0.0497. The molecule has 20 nitrogen and oxygen atoms in total. The molecule has 1 aliphatic heterocycles. The Bertz CT molecular complexity index is 3500. The fourth-order valence-corrected chi connectivity index (χ4v) is 13.1. The van der Waals surface area contributed by atoms with E-state index in [9.17, 15) is 33.6 Å². The number of allylic oxidation sites excluding steroid dienone is 3. The Morgan fingerprint density at radius 2 is 0.848 bits per heavy atom. The molecule has 0 aromatic carbocycles. The molecular weight excluding hydrogens is 1170 g/mol. The monoisotopic (exact) mass is 1260 g/mol. The average Bonchev–Trinajstić information content (AvgIpc) is 2.08. The van der Waals surface area contributed by atoms with Gasteiger partial charge in [0.1, 0.15) is 34.2 Å². The number of aromatic carboxylic acids is 1. The lowest BCUT2D eigenvalue weighted by atomic mass is 9.88. The summed E-state index contributed by atoms with van der Waals surface area (Å²) in [6.45, 7) is 25.1. The molecule has 6 aromatic heterocycles. The number of esters is 4. The van der Waals surface area contributed by atoms with Crippen LogP contribution in [0.25, 0.3) is 11.1 Å². The minimum atomic E-state index is -0.860. The number of carboxylic acids is 1. The zero-order valence-corrected chi connectivity index (χ0v) is 55.5. The highest BCUT2D eigenvalue weighted by Gasteiger charge is 2.28. The van der Waals surface area contributed by atoms with Crippen molar-refractivity contribution in [1.29, 1.82) is 0 Å². The Hall–Kier alpha value is -8.39. The summed E-state index contributed by atoms with van der Waals surface area (Å²) in [7, 11) is 2.11. The van der Waals surface area contributed by atoms with Crippen molar-refractivity contribution in [2.75, 3.05) is 59.7 Å². The molecule has 1 amide bonds. The number of piperazine rings is 1. The van der Waals surface area contributed by atoms with Crippen molar-refractivity contribution in [3.05, 3.63) is 151 Å². The number of Topliss-reactive ketones (excluding diaryl/α,β-unsaturated/α-hetero) is 1. The van der Waals surface area contributed by atoms with Crippen LogP contribution in [0.4, 0.5) is 0 Å². The number of nitrogens with zero attached hydrogens (tertiary/aromatic N) is 2. The zero-order chi connectivity index (χ0) is 66.2. The first-order chi connectivity index (χ1) is 44.2. The average molecular weight is 1270 g/mol. The van der Waals surface area contributed by atoms with Gasteiger partial charge in [0.15, 0.2) is 5.78 Å². The number of hydrogen-bond acceptors (Lipinski definition) is 12. The number of aromatic amines is 6. The van der Waals surface area contributed by atoms with Crippen LogP contribution in [-0.2, 0) is 57.5 Å². The fourth-order valence-electron chi connectivity index (χ4n) is 13.1. The van der Waals surface area contributed by atoms with Crippen molar-refractivity contribution in [3.63, 3.8) is 0 Å².